The Balaban J connectivity index is 1.73. The maximum absolute atomic E-state index is 12.3. The van der Waals surface area contributed by atoms with Crippen LogP contribution >= 0.6 is 0 Å². The summed E-state index contributed by atoms with van der Waals surface area (Å²) in [6.45, 7) is 1.75. The molecular weight excluding hydrogens is 320 g/mol. The van der Waals surface area contributed by atoms with E-state index < -0.39 is 17.9 Å². The highest BCUT2D eigenvalue weighted by molar-refractivity contribution is 5.97. The van der Waals surface area contributed by atoms with E-state index in [-0.39, 0.29) is 11.1 Å². The largest absolute Gasteiger partial charge is 0.478 e. The summed E-state index contributed by atoms with van der Waals surface area (Å²) in [6, 6.07) is 14.9. The highest BCUT2D eigenvalue weighted by atomic mass is 16.4. The van der Waals surface area contributed by atoms with E-state index in [9.17, 15) is 9.59 Å². The van der Waals surface area contributed by atoms with Crippen LogP contribution in [-0.4, -0.2) is 22.0 Å². The van der Waals surface area contributed by atoms with Crippen molar-refractivity contribution in [2.45, 2.75) is 13.0 Å². The van der Waals surface area contributed by atoms with E-state index in [1.165, 1.54) is 18.2 Å². The first-order chi connectivity index (χ1) is 12.0. The van der Waals surface area contributed by atoms with E-state index in [1.807, 2.05) is 30.3 Å². The van der Waals surface area contributed by atoms with E-state index in [4.69, 9.17) is 9.52 Å². The molecule has 0 aliphatic carbocycles. The van der Waals surface area contributed by atoms with E-state index in [1.54, 1.807) is 19.2 Å². The second-order valence-corrected chi connectivity index (χ2v) is 5.51. The third-order valence-electron chi connectivity index (χ3n) is 3.67. The zero-order valence-corrected chi connectivity index (χ0v) is 13.5. The predicted molar refractivity (Wildman–Crippen MR) is 91.2 cm³/mol. The molecule has 25 heavy (non-hydrogen) atoms. The number of benzene rings is 2. The van der Waals surface area contributed by atoms with Crippen molar-refractivity contribution in [3.8, 4) is 11.3 Å². The van der Waals surface area contributed by atoms with Crippen molar-refractivity contribution in [1.82, 2.24) is 10.3 Å². The summed E-state index contributed by atoms with van der Waals surface area (Å²) in [5, 5.41) is 11.8. The van der Waals surface area contributed by atoms with Gasteiger partial charge in [0, 0.05) is 11.1 Å². The summed E-state index contributed by atoms with van der Waals surface area (Å²) < 4.78 is 5.71. The van der Waals surface area contributed by atoms with Crippen LogP contribution in [0.25, 0.3) is 11.3 Å². The van der Waals surface area contributed by atoms with Crippen molar-refractivity contribution < 1.29 is 19.1 Å². The number of hydrogen-bond donors (Lipinski definition) is 2. The average Bonchev–Trinajstić information content (AvgIpc) is 3.13. The van der Waals surface area contributed by atoms with Gasteiger partial charge in [0.1, 0.15) is 6.04 Å². The highest BCUT2D eigenvalue weighted by Crippen LogP contribution is 2.22. The van der Waals surface area contributed by atoms with Gasteiger partial charge < -0.3 is 14.8 Å². The first-order valence-electron chi connectivity index (χ1n) is 7.70. The van der Waals surface area contributed by atoms with Crippen LogP contribution in [0.4, 0.5) is 0 Å². The Labute approximate surface area is 144 Å². The van der Waals surface area contributed by atoms with Crippen molar-refractivity contribution in [3.05, 3.63) is 77.8 Å². The van der Waals surface area contributed by atoms with Gasteiger partial charge in [0.2, 0.25) is 5.89 Å². The maximum atomic E-state index is 12.3. The molecule has 0 saturated carbocycles. The Kier molecular flexibility index (Phi) is 4.61. The fourth-order valence-corrected chi connectivity index (χ4v) is 2.36. The topological polar surface area (TPSA) is 92.4 Å². The Bertz CT molecular complexity index is 903. The van der Waals surface area contributed by atoms with Crippen molar-refractivity contribution in [3.63, 3.8) is 0 Å². The van der Waals surface area contributed by atoms with Gasteiger partial charge in [-0.2, -0.15) is 0 Å². The molecule has 2 N–H and O–H groups in total. The van der Waals surface area contributed by atoms with Crippen LogP contribution in [0.2, 0.25) is 0 Å². The third-order valence-corrected chi connectivity index (χ3v) is 3.67. The Morgan fingerprint density at radius 3 is 2.52 bits per heavy atom. The smallest absolute Gasteiger partial charge is 0.335 e. The first-order valence-corrected chi connectivity index (χ1v) is 7.70. The van der Waals surface area contributed by atoms with E-state index in [0.717, 1.165) is 5.56 Å². The molecular formula is C19H16N2O4. The van der Waals surface area contributed by atoms with Gasteiger partial charge in [-0.25, -0.2) is 9.78 Å². The summed E-state index contributed by atoms with van der Waals surface area (Å²) in [5.41, 5.74) is 1.22. The quantitative estimate of drug-likeness (QED) is 0.743. The predicted octanol–water partition coefficient (Wildman–Crippen LogP) is 3.53. The highest BCUT2D eigenvalue weighted by Gasteiger charge is 2.17. The summed E-state index contributed by atoms with van der Waals surface area (Å²) in [4.78, 5) is 27.5. The molecule has 2 aromatic carbocycles. The molecule has 0 aliphatic rings. The molecule has 0 fully saturated rings. The molecule has 126 valence electrons. The van der Waals surface area contributed by atoms with Crippen molar-refractivity contribution in [2.24, 2.45) is 0 Å². The molecule has 0 aliphatic heterocycles. The molecule has 3 aromatic rings. The number of carbonyl (C=O) groups excluding carboxylic acids is 1. The average molecular weight is 336 g/mol. The molecule has 0 radical (unpaired) electrons. The van der Waals surface area contributed by atoms with Crippen molar-refractivity contribution in [1.29, 1.82) is 0 Å². The molecule has 6 heteroatoms. The number of aromatic nitrogens is 1. The molecule has 1 aromatic heterocycles. The minimum atomic E-state index is -1.08. The van der Waals surface area contributed by atoms with Gasteiger partial charge in [-0.3, -0.25) is 4.79 Å². The zero-order chi connectivity index (χ0) is 17.8. The second kappa shape index (κ2) is 7.00. The molecule has 6 nitrogen and oxygen atoms in total. The van der Waals surface area contributed by atoms with Crippen LogP contribution in [-0.2, 0) is 0 Å². The third kappa shape index (κ3) is 3.74. The lowest BCUT2D eigenvalue weighted by Gasteiger charge is -2.10. The Morgan fingerprint density at radius 1 is 1.08 bits per heavy atom. The lowest BCUT2D eigenvalue weighted by Crippen LogP contribution is -2.27. The molecule has 0 bridgehead atoms. The standard InChI is InChI=1S/C19H16N2O4/c1-12(18-20-11-16(25-18)13-6-3-2-4-7-13)21-17(22)14-8-5-9-15(10-14)19(23)24/h2-12H,1H3,(H,21,22)(H,23,24). The molecule has 1 heterocycles. The van der Waals surface area contributed by atoms with Crippen LogP contribution < -0.4 is 5.32 Å². The number of carboxylic acid groups (broad SMARTS) is 1. The summed E-state index contributed by atoms with van der Waals surface area (Å²) in [7, 11) is 0. The number of nitrogens with zero attached hydrogens (tertiary/aromatic N) is 1. The van der Waals surface area contributed by atoms with Crippen LogP contribution in [0, 0.1) is 0 Å². The van der Waals surface area contributed by atoms with Crippen molar-refractivity contribution >= 4 is 11.9 Å². The van der Waals surface area contributed by atoms with Crippen LogP contribution in [0.1, 0.15) is 39.6 Å². The molecule has 3 rings (SSSR count). The second-order valence-electron chi connectivity index (χ2n) is 5.51. The Hall–Kier alpha value is -3.41. The minimum absolute atomic E-state index is 0.0581. The fourth-order valence-electron chi connectivity index (χ4n) is 2.36. The SMILES string of the molecule is CC(NC(=O)c1cccc(C(=O)O)c1)c1ncc(-c2ccccc2)o1. The van der Waals surface area contributed by atoms with Crippen molar-refractivity contribution in [2.75, 3.05) is 0 Å². The summed E-state index contributed by atoms with van der Waals surface area (Å²) >= 11 is 0. The molecule has 1 unspecified atom stereocenters. The van der Waals surface area contributed by atoms with Gasteiger partial charge in [0.05, 0.1) is 11.8 Å². The van der Waals surface area contributed by atoms with Gasteiger partial charge in [0.15, 0.2) is 5.76 Å². The van der Waals surface area contributed by atoms with Gasteiger partial charge >= 0.3 is 5.97 Å². The van der Waals surface area contributed by atoms with Gasteiger partial charge in [-0.15, -0.1) is 0 Å². The number of carbonyl (C=O) groups is 2. The lowest BCUT2D eigenvalue weighted by molar-refractivity contribution is 0.0697. The molecule has 0 spiro atoms. The number of rotatable bonds is 5. The monoisotopic (exact) mass is 336 g/mol. The van der Waals surface area contributed by atoms with E-state index in [0.29, 0.717) is 11.7 Å². The first kappa shape index (κ1) is 16.4. The van der Waals surface area contributed by atoms with Crippen LogP contribution in [0.5, 0.6) is 0 Å². The van der Waals surface area contributed by atoms with Gasteiger partial charge in [-0.1, -0.05) is 36.4 Å². The number of amides is 1. The number of nitrogens with one attached hydrogen (secondary N) is 1. The lowest BCUT2D eigenvalue weighted by atomic mass is 10.1. The number of hydrogen-bond acceptors (Lipinski definition) is 4. The number of oxazole rings is 1. The normalized spacial score (nSPS) is 11.7. The van der Waals surface area contributed by atoms with Crippen LogP contribution in [0.3, 0.4) is 0 Å². The number of aromatic carboxylic acids is 1. The minimum Gasteiger partial charge on any atom is -0.478 e. The maximum Gasteiger partial charge on any atom is 0.335 e. The van der Waals surface area contributed by atoms with E-state index >= 15 is 0 Å². The summed E-state index contributed by atoms with van der Waals surface area (Å²) in [6.07, 6.45) is 1.61. The zero-order valence-electron chi connectivity index (χ0n) is 13.5. The number of carboxylic acids is 1. The van der Waals surface area contributed by atoms with Gasteiger partial charge in [-0.05, 0) is 25.1 Å². The fraction of sp³-hybridized carbons (Fsp3) is 0.105. The molecule has 0 saturated heterocycles. The molecule has 1 amide bonds. The van der Waals surface area contributed by atoms with E-state index in [2.05, 4.69) is 10.3 Å². The Morgan fingerprint density at radius 2 is 1.80 bits per heavy atom. The summed E-state index contributed by atoms with van der Waals surface area (Å²) in [5.74, 6) is -0.482. The van der Waals surface area contributed by atoms with Gasteiger partial charge in [0.25, 0.3) is 5.91 Å². The molecule has 1 atom stereocenters. The van der Waals surface area contributed by atoms with Crippen LogP contribution in [0.15, 0.2) is 65.2 Å².